The largest absolute Gasteiger partial charge is 0.493 e. The van der Waals surface area contributed by atoms with Crippen molar-refractivity contribution in [1.29, 1.82) is 0 Å². The third kappa shape index (κ3) is 5.18. The van der Waals surface area contributed by atoms with E-state index >= 15 is 0 Å². The Morgan fingerprint density at radius 2 is 1.93 bits per heavy atom. The summed E-state index contributed by atoms with van der Waals surface area (Å²) in [5, 5.41) is 2.92. The van der Waals surface area contributed by atoms with Gasteiger partial charge in [-0.1, -0.05) is 25.9 Å². The summed E-state index contributed by atoms with van der Waals surface area (Å²) in [6, 6.07) is 3.26. The van der Waals surface area contributed by atoms with Gasteiger partial charge in [0.25, 0.3) is 0 Å². The number of rotatable bonds is 9. The monoisotopic (exact) mass is 381 g/mol. The van der Waals surface area contributed by atoms with Gasteiger partial charge in [0.2, 0.25) is 12.5 Å². The standard InChI is InChI=1S/C17H21NO7.C2H6/c1-4-12(19)15(17(20)23-5-2)11(8-18-21)10-6-13(22-3)16-14(7-10)24-9-25-16;1-2/h6-7,11,15H,4-5,8-9H2,1-3H3;1-2H3. The van der Waals surface area contributed by atoms with Gasteiger partial charge in [-0.3, -0.25) is 9.59 Å². The second kappa shape index (κ2) is 11.2. The van der Waals surface area contributed by atoms with Crippen LogP contribution in [0.15, 0.2) is 17.3 Å². The van der Waals surface area contributed by atoms with E-state index in [-0.39, 0.29) is 32.1 Å². The maximum atomic E-state index is 12.4. The predicted molar refractivity (Wildman–Crippen MR) is 99.3 cm³/mol. The van der Waals surface area contributed by atoms with E-state index in [1.54, 1.807) is 26.0 Å². The Labute approximate surface area is 159 Å². The van der Waals surface area contributed by atoms with Gasteiger partial charge in [0.1, 0.15) is 11.7 Å². The summed E-state index contributed by atoms with van der Waals surface area (Å²) < 4.78 is 21.0. The van der Waals surface area contributed by atoms with Crippen LogP contribution in [0.1, 0.15) is 45.6 Å². The molecule has 2 atom stereocenters. The lowest BCUT2D eigenvalue weighted by Crippen LogP contribution is -2.33. The van der Waals surface area contributed by atoms with Crippen molar-refractivity contribution in [1.82, 2.24) is 0 Å². The molecular formula is C19H27NO7. The van der Waals surface area contributed by atoms with E-state index in [1.165, 1.54) is 7.11 Å². The number of ketones is 1. The number of ether oxygens (including phenoxy) is 4. The van der Waals surface area contributed by atoms with Gasteiger partial charge in [0, 0.05) is 12.3 Å². The molecule has 0 amide bonds. The Balaban J connectivity index is 0.00000176. The molecule has 1 heterocycles. The van der Waals surface area contributed by atoms with E-state index in [1.807, 2.05) is 13.8 Å². The minimum Gasteiger partial charge on any atom is -0.493 e. The van der Waals surface area contributed by atoms with Gasteiger partial charge < -0.3 is 18.9 Å². The summed E-state index contributed by atoms with van der Waals surface area (Å²) in [5.74, 6) is -1.61. The number of nitrogens with zero attached hydrogens (tertiary/aromatic N) is 1. The first-order valence-corrected chi connectivity index (χ1v) is 9.03. The fraction of sp³-hybridized carbons (Fsp3) is 0.579. The molecule has 0 spiro atoms. The molecule has 8 heteroatoms. The SMILES string of the molecule is CC.CCOC(=O)C(C(=O)CC)C(CN=O)c1cc(OC)c2c(c1)OCO2. The number of hydrogen-bond donors (Lipinski definition) is 0. The van der Waals surface area contributed by atoms with Crippen molar-refractivity contribution in [3.8, 4) is 17.2 Å². The van der Waals surface area contributed by atoms with Crippen LogP contribution in [0.5, 0.6) is 17.2 Å². The molecule has 1 aliphatic rings. The molecule has 27 heavy (non-hydrogen) atoms. The van der Waals surface area contributed by atoms with Crippen LogP contribution in [-0.2, 0) is 14.3 Å². The maximum Gasteiger partial charge on any atom is 0.317 e. The van der Waals surface area contributed by atoms with Crippen LogP contribution in [-0.4, -0.2) is 38.8 Å². The Morgan fingerprint density at radius 1 is 1.22 bits per heavy atom. The Hall–Kier alpha value is -2.64. The van der Waals surface area contributed by atoms with Crippen molar-refractivity contribution in [2.24, 2.45) is 11.1 Å². The molecule has 0 bridgehead atoms. The molecule has 8 nitrogen and oxygen atoms in total. The zero-order valence-electron chi connectivity index (χ0n) is 16.4. The molecule has 2 rings (SSSR count). The van der Waals surface area contributed by atoms with Crippen LogP contribution in [0.25, 0.3) is 0 Å². The smallest absolute Gasteiger partial charge is 0.317 e. The zero-order chi connectivity index (χ0) is 20.4. The molecule has 0 saturated carbocycles. The van der Waals surface area contributed by atoms with Crippen molar-refractivity contribution in [3.05, 3.63) is 22.6 Å². The third-order valence-corrected chi connectivity index (χ3v) is 4.02. The van der Waals surface area contributed by atoms with Crippen molar-refractivity contribution < 1.29 is 28.5 Å². The van der Waals surface area contributed by atoms with Crippen molar-refractivity contribution >= 4 is 11.8 Å². The van der Waals surface area contributed by atoms with Gasteiger partial charge in [-0.05, 0) is 24.6 Å². The van der Waals surface area contributed by atoms with Crippen molar-refractivity contribution in [2.45, 2.75) is 40.0 Å². The maximum absolute atomic E-state index is 12.4. The number of Topliss-reactive ketones (excluding diaryl/α,β-unsaturated/α-hetero) is 1. The van der Waals surface area contributed by atoms with Gasteiger partial charge in [0.15, 0.2) is 11.5 Å². The van der Waals surface area contributed by atoms with Gasteiger partial charge in [-0.2, -0.15) is 4.91 Å². The Kier molecular flexibility index (Phi) is 9.25. The number of benzene rings is 1. The molecule has 0 saturated heterocycles. The molecule has 0 aromatic heterocycles. The highest BCUT2D eigenvalue weighted by atomic mass is 16.7. The lowest BCUT2D eigenvalue weighted by molar-refractivity contribution is -0.152. The lowest BCUT2D eigenvalue weighted by atomic mass is 9.82. The number of nitroso groups, excluding NO2 is 1. The second-order valence-corrected chi connectivity index (χ2v) is 5.42. The number of esters is 1. The second-order valence-electron chi connectivity index (χ2n) is 5.42. The summed E-state index contributed by atoms with van der Waals surface area (Å²) in [6.45, 7) is 7.24. The van der Waals surface area contributed by atoms with E-state index in [4.69, 9.17) is 18.9 Å². The first-order chi connectivity index (χ1) is 13.1. The van der Waals surface area contributed by atoms with E-state index in [0.29, 0.717) is 22.8 Å². The lowest BCUT2D eigenvalue weighted by Gasteiger charge is -2.23. The summed E-state index contributed by atoms with van der Waals surface area (Å²) >= 11 is 0. The van der Waals surface area contributed by atoms with Crippen LogP contribution in [0.2, 0.25) is 0 Å². The normalized spacial score (nSPS) is 13.7. The summed E-state index contributed by atoms with van der Waals surface area (Å²) in [4.78, 5) is 35.7. The number of carbonyl (C=O) groups is 2. The highest BCUT2D eigenvalue weighted by Crippen LogP contribution is 2.44. The first kappa shape index (κ1) is 22.4. The van der Waals surface area contributed by atoms with Crippen molar-refractivity contribution in [2.75, 3.05) is 27.1 Å². The molecule has 1 aliphatic heterocycles. The van der Waals surface area contributed by atoms with E-state index in [2.05, 4.69) is 5.18 Å². The fourth-order valence-electron chi connectivity index (χ4n) is 2.82. The molecular weight excluding hydrogens is 354 g/mol. The fourth-order valence-corrected chi connectivity index (χ4v) is 2.82. The quantitative estimate of drug-likeness (QED) is 0.367. The zero-order valence-corrected chi connectivity index (χ0v) is 16.4. The Morgan fingerprint density at radius 3 is 2.48 bits per heavy atom. The predicted octanol–water partition coefficient (Wildman–Crippen LogP) is 3.46. The first-order valence-electron chi connectivity index (χ1n) is 9.03. The number of hydrogen-bond acceptors (Lipinski definition) is 8. The molecule has 0 radical (unpaired) electrons. The molecule has 1 aromatic rings. The molecule has 150 valence electrons. The van der Waals surface area contributed by atoms with E-state index in [9.17, 15) is 14.5 Å². The van der Waals surface area contributed by atoms with Gasteiger partial charge >= 0.3 is 5.97 Å². The van der Waals surface area contributed by atoms with Gasteiger partial charge in [-0.25, -0.2) is 0 Å². The van der Waals surface area contributed by atoms with Crippen LogP contribution >= 0.6 is 0 Å². The average molecular weight is 381 g/mol. The molecule has 0 aliphatic carbocycles. The average Bonchev–Trinajstić information content (AvgIpc) is 3.17. The number of carbonyl (C=O) groups excluding carboxylic acids is 2. The third-order valence-electron chi connectivity index (χ3n) is 4.02. The van der Waals surface area contributed by atoms with Gasteiger partial charge in [0.05, 0.1) is 20.3 Å². The Bertz CT molecular complexity index is 660. The molecule has 0 fully saturated rings. The topological polar surface area (TPSA) is 100 Å². The molecule has 0 N–H and O–H groups in total. The van der Waals surface area contributed by atoms with E-state index in [0.717, 1.165) is 0 Å². The van der Waals surface area contributed by atoms with Crippen LogP contribution in [0.3, 0.4) is 0 Å². The van der Waals surface area contributed by atoms with E-state index < -0.39 is 17.8 Å². The summed E-state index contributed by atoms with van der Waals surface area (Å²) in [5.41, 5.74) is 0.528. The molecule has 2 unspecified atom stereocenters. The molecule has 1 aromatic carbocycles. The summed E-state index contributed by atoms with van der Waals surface area (Å²) in [6.07, 6.45) is 0.139. The van der Waals surface area contributed by atoms with Gasteiger partial charge in [-0.15, -0.1) is 0 Å². The highest BCUT2D eigenvalue weighted by molar-refractivity contribution is 6.00. The highest BCUT2D eigenvalue weighted by Gasteiger charge is 2.37. The van der Waals surface area contributed by atoms with Crippen LogP contribution in [0, 0.1) is 10.8 Å². The number of fused-ring (bicyclic) bond motifs is 1. The minimum atomic E-state index is -1.12. The van der Waals surface area contributed by atoms with Crippen LogP contribution in [0.4, 0.5) is 0 Å². The number of methoxy groups -OCH3 is 1. The van der Waals surface area contributed by atoms with Crippen molar-refractivity contribution in [3.63, 3.8) is 0 Å². The van der Waals surface area contributed by atoms with Crippen LogP contribution < -0.4 is 14.2 Å². The minimum absolute atomic E-state index is 0.0426. The summed E-state index contributed by atoms with van der Waals surface area (Å²) in [7, 11) is 1.47.